The standard InChI is InChI=1S/C16H14ClN3O2S2/c17-12-5-3-11(4-6-12)16-13-10-20(8-7-14(13)18-19-16)24(21,22)15-2-1-9-23-15/h1-6,9H,7-8,10H2,(H,18,19). The minimum atomic E-state index is -3.46. The molecule has 0 atom stereocenters. The van der Waals surface area contributed by atoms with Crippen molar-refractivity contribution in [3.8, 4) is 11.3 Å². The summed E-state index contributed by atoms with van der Waals surface area (Å²) in [6.07, 6.45) is 0.626. The van der Waals surface area contributed by atoms with Crippen molar-refractivity contribution in [2.24, 2.45) is 0 Å². The molecule has 2 aromatic heterocycles. The van der Waals surface area contributed by atoms with Gasteiger partial charge in [0, 0.05) is 41.4 Å². The third-order valence-corrected chi connectivity index (χ3v) is 7.58. The minimum absolute atomic E-state index is 0.323. The number of fused-ring (bicyclic) bond motifs is 1. The summed E-state index contributed by atoms with van der Waals surface area (Å²) in [6.45, 7) is 0.777. The topological polar surface area (TPSA) is 66.1 Å². The lowest BCUT2D eigenvalue weighted by Gasteiger charge is -2.25. The third-order valence-electron chi connectivity index (χ3n) is 4.11. The third kappa shape index (κ3) is 2.67. The van der Waals surface area contributed by atoms with Crippen LogP contribution in [0.2, 0.25) is 5.02 Å². The molecule has 1 aromatic carbocycles. The summed E-state index contributed by atoms with van der Waals surface area (Å²) in [5, 5.41) is 9.87. The second-order valence-electron chi connectivity index (χ2n) is 5.56. The maximum atomic E-state index is 12.8. The van der Waals surface area contributed by atoms with Crippen LogP contribution in [0, 0.1) is 0 Å². The quantitative estimate of drug-likeness (QED) is 0.756. The maximum absolute atomic E-state index is 12.8. The van der Waals surface area contributed by atoms with Crippen LogP contribution in [0.25, 0.3) is 11.3 Å². The molecule has 0 aliphatic carbocycles. The first-order valence-electron chi connectivity index (χ1n) is 7.41. The van der Waals surface area contributed by atoms with Gasteiger partial charge in [-0.25, -0.2) is 8.42 Å². The Kier molecular flexibility index (Phi) is 3.96. The zero-order valence-electron chi connectivity index (χ0n) is 12.6. The molecular formula is C16H14ClN3O2S2. The Morgan fingerprint density at radius 3 is 2.71 bits per heavy atom. The van der Waals surface area contributed by atoms with E-state index < -0.39 is 10.0 Å². The fraction of sp³-hybridized carbons (Fsp3) is 0.188. The summed E-state index contributed by atoms with van der Waals surface area (Å²) in [4.78, 5) is 0. The average Bonchev–Trinajstić information content (AvgIpc) is 3.25. The van der Waals surface area contributed by atoms with Gasteiger partial charge in [-0.05, 0) is 23.6 Å². The number of H-pyrrole nitrogens is 1. The van der Waals surface area contributed by atoms with Crippen LogP contribution in [0.15, 0.2) is 46.0 Å². The van der Waals surface area contributed by atoms with Gasteiger partial charge < -0.3 is 0 Å². The Bertz CT molecular complexity index is 963. The van der Waals surface area contributed by atoms with Crippen molar-refractivity contribution in [1.82, 2.24) is 14.5 Å². The van der Waals surface area contributed by atoms with Crippen molar-refractivity contribution >= 4 is 33.0 Å². The summed E-state index contributed by atoms with van der Waals surface area (Å²) in [5.74, 6) is 0. The van der Waals surface area contributed by atoms with Crippen LogP contribution in [-0.2, 0) is 23.0 Å². The summed E-state index contributed by atoms with van der Waals surface area (Å²) < 4.78 is 27.4. The molecule has 0 radical (unpaired) electrons. The van der Waals surface area contributed by atoms with Gasteiger partial charge in [-0.1, -0.05) is 29.8 Å². The Morgan fingerprint density at radius 1 is 1.21 bits per heavy atom. The van der Waals surface area contributed by atoms with E-state index in [1.807, 2.05) is 12.1 Å². The van der Waals surface area contributed by atoms with Crippen LogP contribution < -0.4 is 0 Å². The van der Waals surface area contributed by atoms with E-state index in [4.69, 9.17) is 11.6 Å². The molecule has 0 saturated carbocycles. The molecule has 124 valence electrons. The molecule has 3 heterocycles. The smallest absolute Gasteiger partial charge is 0.252 e. The highest BCUT2D eigenvalue weighted by Gasteiger charge is 2.31. The van der Waals surface area contributed by atoms with E-state index in [0.29, 0.717) is 28.7 Å². The normalized spacial score (nSPS) is 15.4. The number of nitrogens with zero attached hydrogens (tertiary/aromatic N) is 2. The average molecular weight is 380 g/mol. The van der Waals surface area contributed by atoms with E-state index in [1.165, 1.54) is 15.6 Å². The largest absolute Gasteiger partial charge is 0.282 e. The van der Waals surface area contributed by atoms with Crippen molar-refractivity contribution in [1.29, 1.82) is 0 Å². The van der Waals surface area contributed by atoms with Crippen LogP contribution >= 0.6 is 22.9 Å². The first kappa shape index (κ1) is 15.8. The molecular weight excluding hydrogens is 366 g/mol. The van der Waals surface area contributed by atoms with E-state index in [-0.39, 0.29) is 0 Å². The van der Waals surface area contributed by atoms with Crippen molar-refractivity contribution in [3.63, 3.8) is 0 Å². The van der Waals surface area contributed by atoms with Gasteiger partial charge in [-0.3, -0.25) is 5.10 Å². The Labute approximate surface area is 148 Å². The molecule has 24 heavy (non-hydrogen) atoms. The Morgan fingerprint density at radius 2 is 2.00 bits per heavy atom. The monoisotopic (exact) mass is 379 g/mol. The van der Waals surface area contributed by atoms with E-state index >= 15 is 0 Å². The molecule has 0 unspecified atom stereocenters. The Balaban J connectivity index is 1.70. The predicted octanol–water partition coefficient (Wildman–Crippen LogP) is 3.54. The van der Waals surface area contributed by atoms with Crippen molar-refractivity contribution in [3.05, 3.63) is 58.1 Å². The number of halogens is 1. The zero-order chi connectivity index (χ0) is 16.7. The van der Waals surface area contributed by atoms with E-state index in [9.17, 15) is 8.42 Å². The van der Waals surface area contributed by atoms with Crippen molar-refractivity contribution in [2.45, 2.75) is 17.2 Å². The molecule has 1 aliphatic heterocycles. The molecule has 0 amide bonds. The molecule has 0 spiro atoms. The zero-order valence-corrected chi connectivity index (χ0v) is 15.0. The van der Waals surface area contributed by atoms with Gasteiger partial charge in [0.1, 0.15) is 4.21 Å². The van der Waals surface area contributed by atoms with Gasteiger partial charge in [0.15, 0.2) is 0 Å². The highest BCUT2D eigenvalue weighted by Crippen LogP contribution is 2.32. The number of hydrogen-bond acceptors (Lipinski definition) is 4. The van der Waals surface area contributed by atoms with Crippen LogP contribution in [-0.4, -0.2) is 29.5 Å². The summed E-state index contributed by atoms with van der Waals surface area (Å²) in [6, 6.07) is 10.8. The van der Waals surface area contributed by atoms with Gasteiger partial charge >= 0.3 is 0 Å². The highest BCUT2D eigenvalue weighted by atomic mass is 35.5. The van der Waals surface area contributed by atoms with E-state index in [1.54, 1.807) is 29.6 Å². The van der Waals surface area contributed by atoms with Gasteiger partial charge in [0.2, 0.25) is 0 Å². The number of thiophene rings is 1. The lowest BCUT2D eigenvalue weighted by Crippen LogP contribution is -2.35. The lowest BCUT2D eigenvalue weighted by atomic mass is 10.0. The summed E-state index contributed by atoms with van der Waals surface area (Å²) in [5.41, 5.74) is 3.64. The summed E-state index contributed by atoms with van der Waals surface area (Å²) >= 11 is 7.18. The molecule has 5 nitrogen and oxygen atoms in total. The van der Waals surface area contributed by atoms with E-state index in [2.05, 4.69) is 10.2 Å². The summed E-state index contributed by atoms with van der Waals surface area (Å²) in [7, 11) is -3.46. The van der Waals surface area contributed by atoms with Crippen LogP contribution in [0.1, 0.15) is 11.3 Å². The maximum Gasteiger partial charge on any atom is 0.252 e. The lowest BCUT2D eigenvalue weighted by molar-refractivity contribution is 0.391. The van der Waals surface area contributed by atoms with Gasteiger partial charge in [0.25, 0.3) is 10.0 Å². The molecule has 1 aliphatic rings. The van der Waals surface area contributed by atoms with Crippen LogP contribution in [0.4, 0.5) is 0 Å². The van der Waals surface area contributed by atoms with Crippen LogP contribution in [0.3, 0.4) is 0 Å². The van der Waals surface area contributed by atoms with Crippen molar-refractivity contribution in [2.75, 3.05) is 6.54 Å². The second kappa shape index (κ2) is 6.00. The number of benzene rings is 1. The first-order chi connectivity index (χ1) is 11.6. The van der Waals surface area contributed by atoms with E-state index in [0.717, 1.165) is 22.5 Å². The van der Waals surface area contributed by atoms with Gasteiger partial charge in [-0.15, -0.1) is 11.3 Å². The molecule has 3 aromatic rings. The van der Waals surface area contributed by atoms with Crippen molar-refractivity contribution < 1.29 is 8.42 Å². The fourth-order valence-electron chi connectivity index (χ4n) is 2.86. The minimum Gasteiger partial charge on any atom is -0.282 e. The molecule has 0 bridgehead atoms. The van der Waals surface area contributed by atoms with Gasteiger partial charge in [0.05, 0.1) is 5.69 Å². The molecule has 4 rings (SSSR count). The second-order valence-corrected chi connectivity index (χ2v) is 9.11. The molecule has 8 heteroatoms. The fourth-order valence-corrected chi connectivity index (χ4v) is 5.54. The number of aromatic amines is 1. The molecule has 1 N–H and O–H groups in total. The SMILES string of the molecule is O=S(=O)(c1cccs1)N1CCc2[nH]nc(-c3ccc(Cl)cc3)c2C1. The molecule has 0 saturated heterocycles. The molecule has 0 fully saturated rings. The van der Waals surface area contributed by atoms with Gasteiger partial charge in [-0.2, -0.15) is 9.40 Å². The first-order valence-corrected chi connectivity index (χ1v) is 10.1. The number of nitrogens with one attached hydrogen (secondary N) is 1. The number of aromatic nitrogens is 2. The predicted molar refractivity (Wildman–Crippen MR) is 94.7 cm³/mol. The number of sulfonamides is 1. The Hall–Kier alpha value is -1.67. The number of rotatable bonds is 3. The van der Waals surface area contributed by atoms with Crippen LogP contribution in [0.5, 0.6) is 0 Å². The number of hydrogen-bond donors (Lipinski definition) is 1. The highest BCUT2D eigenvalue weighted by molar-refractivity contribution is 7.91.